The molecule has 2 fully saturated rings. The first-order valence-electron chi connectivity index (χ1n) is 6.16. The number of hydrogen-bond acceptors (Lipinski definition) is 2. The van der Waals surface area contributed by atoms with Gasteiger partial charge in [-0.2, -0.15) is 0 Å². The van der Waals surface area contributed by atoms with Gasteiger partial charge in [-0.25, -0.2) is 0 Å². The van der Waals surface area contributed by atoms with Crippen LogP contribution in [0.5, 0.6) is 11.5 Å². The maximum Gasteiger partial charge on any atom is 0.161 e. The zero-order chi connectivity index (χ0) is 11.0. The van der Waals surface area contributed by atoms with Gasteiger partial charge in [-0.1, -0.05) is 12.1 Å². The molecule has 2 saturated carbocycles. The van der Waals surface area contributed by atoms with Gasteiger partial charge in [0, 0.05) is 0 Å². The van der Waals surface area contributed by atoms with Crippen LogP contribution in [0.1, 0.15) is 25.7 Å². The van der Waals surface area contributed by atoms with Crippen LogP contribution in [-0.2, 0) is 0 Å². The van der Waals surface area contributed by atoms with Crippen molar-refractivity contribution in [1.29, 1.82) is 0 Å². The summed E-state index contributed by atoms with van der Waals surface area (Å²) >= 11 is 0. The van der Waals surface area contributed by atoms with Crippen molar-refractivity contribution in [3.8, 4) is 11.5 Å². The Hall–Kier alpha value is -1.18. The molecule has 0 saturated heterocycles. The van der Waals surface area contributed by atoms with Gasteiger partial charge < -0.3 is 9.47 Å². The molecule has 3 unspecified atom stereocenters. The van der Waals surface area contributed by atoms with Crippen molar-refractivity contribution in [3.05, 3.63) is 24.3 Å². The van der Waals surface area contributed by atoms with E-state index in [-0.39, 0.29) is 0 Å². The minimum Gasteiger partial charge on any atom is -0.493 e. The van der Waals surface area contributed by atoms with E-state index in [2.05, 4.69) is 0 Å². The Kier molecular flexibility index (Phi) is 2.50. The number of benzene rings is 1. The summed E-state index contributed by atoms with van der Waals surface area (Å²) < 4.78 is 11.4. The zero-order valence-corrected chi connectivity index (χ0v) is 9.69. The summed E-state index contributed by atoms with van der Waals surface area (Å²) in [6.45, 7) is 0. The van der Waals surface area contributed by atoms with Gasteiger partial charge in [0.1, 0.15) is 6.10 Å². The summed E-state index contributed by atoms with van der Waals surface area (Å²) in [5.41, 5.74) is 0. The van der Waals surface area contributed by atoms with Crippen LogP contribution in [0.3, 0.4) is 0 Å². The number of para-hydroxylation sites is 2. The van der Waals surface area contributed by atoms with Crippen LogP contribution in [0.4, 0.5) is 0 Å². The lowest BCUT2D eigenvalue weighted by molar-refractivity contribution is 0.133. The molecule has 0 aromatic heterocycles. The van der Waals surface area contributed by atoms with Gasteiger partial charge >= 0.3 is 0 Å². The van der Waals surface area contributed by atoms with Crippen molar-refractivity contribution in [1.82, 2.24) is 0 Å². The molecule has 0 spiro atoms. The van der Waals surface area contributed by atoms with E-state index in [0.29, 0.717) is 6.10 Å². The molecule has 1 aromatic rings. The van der Waals surface area contributed by atoms with Gasteiger partial charge in [0.2, 0.25) is 0 Å². The molecule has 2 aliphatic rings. The van der Waals surface area contributed by atoms with E-state index >= 15 is 0 Å². The summed E-state index contributed by atoms with van der Waals surface area (Å²) in [6.07, 6.45) is 5.80. The Morgan fingerprint density at radius 1 is 1.06 bits per heavy atom. The summed E-state index contributed by atoms with van der Waals surface area (Å²) in [7, 11) is 1.70. The monoisotopic (exact) mass is 218 g/mol. The van der Waals surface area contributed by atoms with E-state index in [4.69, 9.17) is 9.47 Å². The second-order valence-corrected chi connectivity index (χ2v) is 4.98. The molecule has 0 amide bonds. The zero-order valence-electron chi connectivity index (χ0n) is 9.69. The molecule has 2 aliphatic carbocycles. The van der Waals surface area contributed by atoms with Gasteiger partial charge in [0.05, 0.1) is 7.11 Å². The van der Waals surface area contributed by atoms with E-state index in [0.717, 1.165) is 23.3 Å². The maximum absolute atomic E-state index is 6.11. The average Bonchev–Trinajstić information content (AvgIpc) is 2.92. The van der Waals surface area contributed by atoms with Crippen molar-refractivity contribution >= 4 is 0 Å². The highest BCUT2D eigenvalue weighted by atomic mass is 16.5. The molecule has 2 nitrogen and oxygen atoms in total. The lowest BCUT2D eigenvalue weighted by Gasteiger charge is -2.23. The molecule has 0 N–H and O–H groups in total. The fourth-order valence-electron chi connectivity index (χ4n) is 3.21. The van der Waals surface area contributed by atoms with Gasteiger partial charge in [0.25, 0.3) is 0 Å². The Bertz CT molecular complexity index is 375. The molecule has 2 heteroatoms. The van der Waals surface area contributed by atoms with Crippen molar-refractivity contribution < 1.29 is 9.47 Å². The second kappa shape index (κ2) is 4.00. The predicted octanol–water partition coefficient (Wildman–Crippen LogP) is 3.26. The summed E-state index contributed by atoms with van der Waals surface area (Å²) in [6, 6.07) is 7.95. The summed E-state index contributed by atoms with van der Waals surface area (Å²) in [5, 5.41) is 0. The Balaban J connectivity index is 1.74. The lowest BCUT2D eigenvalue weighted by atomic mass is 9.98. The minimum atomic E-state index is 0.426. The second-order valence-electron chi connectivity index (χ2n) is 4.98. The largest absolute Gasteiger partial charge is 0.493 e. The van der Waals surface area contributed by atoms with Gasteiger partial charge in [-0.3, -0.25) is 0 Å². The molecule has 16 heavy (non-hydrogen) atoms. The first-order chi connectivity index (χ1) is 7.86. The van der Waals surface area contributed by atoms with Crippen molar-refractivity contribution in [3.63, 3.8) is 0 Å². The third-order valence-corrected chi connectivity index (χ3v) is 4.02. The molecule has 86 valence electrons. The Labute approximate surface area is 96.6 Å². The molecular weight excluding hydrogens is 200 g/mol. The van der Waals surface area contributed by atoms with Gasteiger partial charge in [0.15, 0.2) is 11.5 Å². The molecule has 3 rings (SSSR count). The number of hydrogen-bond donors (Lipinski definition) is 0. The van der Waals surface area contributed by atoms with Gasteiger partial charge in [-0.05, 0) is 49.7 Å². The number of ether oxygens (including phenoxy) is 2. The number of methoxy groups -OCH3 is 1. The van der Waals surface area contributed by atoms with Crippen molar-refractivity contribution in [2.45, 2.75) is 31.8 Å². The molecule has 2 bridgehead atoms. The fourth-order valence-corrected chi connectivity index (χ4v) is 3.21. The topological polar surface area (TPSA) is 18.5 Å². The smallest absolute Gasteiger partial charge is 0.161 e. The maximum atomic E-state index is 6.11. The summed E-state index contributed by atoms with van der Waals surface area (Å²) in [5.74, 6) is 3.47. The van der Waals surface area contributed by atoms with Crippen LogP contribution in [-0.4, -0.2) is 13.2 Å². The SMILES string of the molecule is COc1ccccc1OC1CC2CCC1C2. The Morgan fingerprint density at radius 2 is 1.88 bits per heavy atom. The van der Waals surface area contributed by atoms with Crippen LogP contribution in [0, 0.1) is 11.8 Å². The Morgan fingerprint density at radius 3 is 2.50 bits per heavy atom. The van der Waals surface area contributed by atoms with E-state index < -0.39 is 0 Å². The number of rotatable bonds is 3. The fraction of sp³-hybridized carbons (Fsp3) is 0.571. The van der Waals surface area contributed by atoms with Crippen LogP contribution in [0.2, 0.25) is 0 Å². The molecule has 0 radical (unpaired) electrons. The third-order valence-electron chi connectivity index (χ3n) is 4.02. The first-order valence-corrected chi connectivity index (χ1v) is 6.16. The standard InChI is InChI=1S/C14H18O2/c1-15-12-4-2-3-5-13(12)16-14-9-10-6-7-11(14)8-10/h2-5,10-11,14H,6-9H2,1H3. The van der Waals surface area contributed by atoms with E-state index in [1.54, 1.807) is 7.11 Å². The average molecular weight is 218 g/mol. The van der Waals surface area contributed by atoms with Crippen molar-refractivity contribution in [2.24, 2.45) is 11.8 Å². The van der Waals surface area contributed by atoms with Crippen LogP contribution < -0.4 is 9.47 Å². The van der Waals surface area contributed by atoms with Crippen LogP contribution in [0.25, 0.3) is 0 Å². The molecular formula is C14H18O2. The van der Waals surface area contributed by atoms with Crippen LogP contribution in [0.15, 0.2) is 24.3 Å². The van der Waals surface area contributed by atoms with Crippen LogP contribution >= 0.6 is 0 Å². The highest BCUT2D eigenvalue weighted by molar-refractivity contribution is 5.39. The number of fused-ring (bicyclic) bond motifs is 2. The minimum absolute atomic E-state index is 0.426. The van der Waals surface area contributed by atoms with Gasteiger partial charge in [-0.15, -0.1) is 0 Å². The van der Waals surface area contributed by atoms with Crippen molar-refractivity contribution in [2.75, 3.05) is 7.11 Å². The normalized spacial score (nSPS) is 31.7. The van der Waals surface area contributed by atoms with E-state index in [9.17, 15) is 0 Å². The first kappa shape index (κ1) is 10.0. The molecule has 1 aromatic carbocycles. The lowest BCUT2D eigenvalue weighted by Crippen LogP contribution is -2.23. The van der Waals surface area contributed by atoms with E-state index in [1.165, 1.54) is 25.7 Å². The molecule has 0 aliphatic heterocycles. The molecule has 3 atom stereocenters. The molecule has 0 heterocycles. The highest BCUT2D eigenvalue weighted by Crippen LogP contribution is 2.46. The quantitative estimate of drug-likeness (QED) is 0.775. The predicted molar refractivity (Wildman–Crippen MR) is 62.9 cm³/mol. The van der Waals surface area contributed by atoms with E-state index in [1.807, 2.05) is 24.3 Å². The summed E-state index contributed by atoms with van der Waals surface area (Å²) in [4.78, 5) is 0. The highest BCUT2D eigenvalue weighted by Gasteiger charge is 2.41. The third kappa shape index (κ3) is 1.66.